The lowest BCUT2D eigenvalue weighted by Gasteiger charge is -1.99. The van der Waals surface area contributed by atoms with Gasteiger partial charge in [0.2, 0.25) is 0 Å². The van der Waals surface area contributed by atoms with Gasteiger partial charge in [-0.15, -0.1) is 0 Å². The molecule has 0 fully saturated rings. The molecule has 1 aromatic heterocycles. The van der Waals surface area contributed by atoms with Crippen LogP contribution in [0.5, 0.6) is 0 Å². The standard InChI is InChI=1S/C9H6F2N2/c10-6-1-5-2-9(12)13-4-7(5)8(11)3-6/h1-4H,(H2,12,13). The maximum Gasteiger partial charge on any atom is 0.135 e. The van der Waals surface area contributed by atoms with Crippen LogP contribution in [0.15, 0.2) is 24.4 Å². The van der Waals surface area contributed by atoms with Gasteiger partial charge in [-0.3, -0.25) is 0 Å². The van der Waals surface area contributed by atoms with Crippen LogP contribution in [0.2, 0.25) is 0 Å². The summed E-state index contributed by atoms with van der Waals surface area (Å²) in [6, 6.07) is 3.47. The number of anilines is 1. The Hall–Kier alpha value is -1.71. The van der Waals surface area contributed by atoms with Crippen LogP contribution in [-0.4, -0.2) is 4.98 Å². The number of hydrogen-bond acceptors (Lipinski definition) is 2. The maximum atomic E-state index is 13.1. The molecule has 13 heavy (non-hydrogen) atoms. The van der Waals surface area contributed by atoms with E-state index in [1.54, 1.807) is 0 Å². The van der Waals surface area contributed by atoms with Crippen molar-refractivity contribution in [2.75, 3.05) is 5.73 Å². The Morgan fingerprint density at radius 3 is 2.69 bits per heavy atom. The van der Waals surface area contributed by atoms with Gasteiger partial charge in [-0.05, 0) is 17.5 Å². The van der Waals surface area contributed by atoms with E-state index in [-0.39, 0.29) is 11.2 Å². The molecule has 2 aromatic rings. The first-order valence-electron chi connectivity index (χ1n) is 3.67. The van der Waals surface area contributed by atoms with Crippen molar-refractivity contribution >= 4 is 16.6 Å². The van der Waals surface area contributed by atoms with Crippen molar-refractivity contribution in [1.29, 1.82) is 0 Å². The smallest absolute Gasteiger partial charge is 0.135 e. The van der Waals surface area contributed by atoms with E-state index in [0.29, 0.717) is 5.39 Å². The molecule has 0 amide bonds. The topological polar surface area (TPSA) is 38.9 Å². The number of pyridine rings is 1. The zero-order valence-electron chi connectivity index (χ0n) is 6.59. The van der Waals surface area contributed by atoms with Crippen LogP contribution in [0, 0.1) is 11.6 Å². The minimum absolute atomic E-state index is 0.248. The van der Waals surface area contributed by atoms with E-state index in [0.717, 1.165) is 6.07 Å². The van der Waals surface area contributed by atoms with Crippen LogP contribution < -0.4 is 5.73 Å². The fourth-order valence-corrected chi connectivity index (χ4v) is 1.20. The van der Waals surface area contributed by atoms with Gasteiger partial charge in [-0.1, -0.05) is 0 Å². The van der Waals surface area contributed by atoms with E-state index in [2.05, 4.69) is 4.98 Å². The fourth-order valence-electron chi connectivity index (χ4n) is 1.20. The third-order valence-electron chi connectivity index (χ3n) is 1.77. The molecule has 2 nitrogen and oxygen atoms in total. The van der Waals surface area contributed by atoms with Crippen molar-refractivity contribution in [2.45, 2.75) is 0 Å². The highest BCUT2D eigenvalue weighted by molar-refractivity contribution is 5.84. The fraction of sp³-hybridized carbons (Fsp3) is 0. The van der Waals surface area contributed by atoms with Gasteiger partial charge >= 0.3 is 0 Å². The molecule has 1 heterocycles. The molecule has 1 aromatic carbocycles. The summed E-state index contributed by atoms with van der Waals surface area (Å²) in [7, 11) is 0. The van der Waals surface area contributed by atoms with E-state index in [1.807, 2.05) is 0 Å². The van der Waals surface area contributed by atoms with Crippen LogP contribution in [0.25, 0.3) is 10.8 Å². The first-order chi connectivity index (χ1) is 6.16. The molecule has 0 spiro atoms. The van der Waals surface area contributed by atoms with Crippen molar-refractivity contribution in [3.05, 3.63) is 36.0 Å². The Morgan fingerprint density at radius 1 is 1.15 bits per heavy atom. The van der Waals surface area contributed by atoms with Crippen molar-refractivity contribution in [1.82, 2.24) is 4.98 Å². The summed E-state index contributed by atoms with van der Waals surface area (Å²) in [5.74, 6) is -0.990. The van der Waals surface area contributed by atoms with Crippen molar-refractivity contribution in [2.24, 2.45) is 0 Å². The van der Waals surface area contributed by atoms with Crippen LogP contribution in [0.4, 0.5) is 14.6 Å². The van der Waals surface area contributed by atoms with Gasteiger partial charge in [0, 0.05) is 17.6 Å². The zero-order valence-corrected chi connectivity index (χ0v) is 6.59. The SMILES string of the molecule is Nc1cc2cc(F)cc(F)c2cn1. The monoisotopic (exact) mass is 180 g/mol. The second kappa shape index (κ2) is 2.65. The summed E-state index contributed by atoms with van der Waals surface area (Å²) in [5, 5.41) is 0.695. The Bertz CT molecular complexity index is 463. The number of hydrogen-bond donors (Lipinski definition) is 1. The first kappa shape index (κ1) is 7.91. The lowest BCUT2D eigenvalue weighted by Crippen LogP contribution is -1.91. The van der Waals surface area contributed by atoms with Gasteiger partial charge in [0.15, 0.2) is 0 Å². The quantitative estimate of drug-likeness (QED) is 0.674. The summed E-state index contributed by atoms with van der Waals surface area (Å²) < 4.78 is 25.8. The number of nitrogens with zero attached hydrogens (tertiary/aromatic N) is 1. The highest BCUT2D eigenvalue weighted by atomic mass is 19.1. The van der Waals surface area contributed by atoms with E-state index < -0.39 is 11.6 Å². The second-order valence-electron chi connectivity index (χ2n) is 2.72. The lowest BCUT2D eigenvalue weighted by atomic mass is 10.1. The highest BCUT2D eigenvalue weighted by Gasteiger charge is 2.03. The van der Waals surface area contributed by atoms with Crippen LogP contribution in [-0.2, 0) is 0 Å². The molecule has 2 rings (SSSR count). The van der Waals surface area contributed by atoms with Crippen LogP contribution in [0.3, 0.4) is 0 Å². The predicted octanol–water partition coefficient (Wildman–Crippen LogP) is 2.10. The first-order valence-corrected chi connectivity index (χ1v) is 3.67. The van der Waals surface area contributed by atoms with Gasteiger partial charge in [-0.2, -0.15) is 0 Å². The molecule has 2 N–H and O–H groups in total. The summed E-state index contributed by atoms with van der Waals surface area (Å²) >= 11 is 0. The maximum absolute atomic E-state index is 13.1. The molecule has 0 aliphatic heterocycles. The molecule has 0 unspecified atom stereocenters. The molecular weight excluding hydrogens is 174 g/mol. The summed E-state index contributed by atoms with van der Waals surface area (Å²) in [6.45, 7) is 0. The summed E-state index contributed by atoms with van der Waals surface area (Å²) in [5.41, 5.74) is 5.37. The molecule has 0 bridgehead atoms. The van der Waals surface area contributed by atoms with Crippen molar-refractivity contribution in [3.63, 3.8) is 0 Å². The Morgan fingerprint density at radius 2 is 1.92 bits per heavy atom. The van der Waals surface area contributed by atoms with Crippen LogP contribution >= 0.6 is 0 Å². The van der Waals surface area contributed by atoms with E-state index in [1.165, 1.54) is 18.3 Å². The van der Waals surface area contributed by atoms with Gasteiger partial charge < -0.3 is 5.73 Å². The average Bonchev–Trinajstić information content (AvgIpc) is 2.02. The van der Waals surface area contributed by atoms with Gasteiger partial charge in [0.05, 0.1) is 0 Å². The molecule has 0 radical (unpaired) electrons. The van der Waals surface area contributed by atoms with Crippen LogP contribution in [0.1, 0.15) is 0 Å². The molecule has 0 saturated carbocycles. The van der Waals surface area contributed by atoms with E-state index >= 15 is 0 Å². The minimum atomic E-state index is -0.623. The molecule has 0 aliphatic rings. The molecule has 0 saturated heterocycles. The predicted molar refractivity (Wildman–Crippen MR) is 46.1 cm³/mol. The number of nitrogen functional groups attached to an aromatic ring is 1. The number of halogens is 2. The summed E-state index contributed by atoms with van der Waals surface area (Å²) in [6.07, 6.45) is 1.29. The number of aromatic nitrogens is 1. The average molecular weight is 180 g/mol. The number of nitrogens with two attached hydrogens (primary N) is 1. The Balaban J connectivity index is 2.86. The minimum Gasteiger partial charge on any atom is -0.384 e. The number of benzene rings is 1. The summed E-state index contributed by atoms with van der Waals surface area (Å²) in [4.78, 5) is 3.71. The highest BCUT2D eigenvalue weighted by Crippen LogP contribution is 2.19. The van der Waals surface area contributed by atoms with Gasteiger partial charge in [0.1, 0.15) is 17.5 Å². The third kappa shape index (κ3) is 1.30. The molecular formula is C9H6F2N2. The molecule has 0 aliphatic carbocycles. The van der Waals surface area contributed by atoms with E-state index in [9.17, 15) is 8.78 Å². The molecule has 0 atom stereocenters. The normalized spacial score (nSPS) is 10.6. The number of rotatable bonds is 0. The third-order valence-corrected chi connectivity index (χ3v) is 1.77. The van der Waals surface area contributed by atoms with Crippen molar-refractivity contribution in [3.8, 4) is 0 Å². The Kier molecular flexibility index (Phi) is 1.62. The van der Waals surface area contributed by atoms with Gasteiger partial charge in [-0.25, -0.2) is 13.8 Å². The Labute approximate surface area is 73.0 Å². The lowest BCUT2D eigenvalue weighted by molar-refractivity contribution is 0.592. The largest absolute Gasteiger partial charge is 0.384 e. The van der Waals surface area contributed by atoms with E-state index in [4.69, 9.17) is 5.73 Å². The van der Waals surface area contributed by atoms with Crippen molar-refractivity contribution < 1.29 is 8.78 Å². The number of fused-ring (bicyclic) bond motifs is 1. The molecule has 4 heteroatoms. The molecule has 66 valence electrons. The second-order valence-corrected chi connectivity index (χ2v) is 2.72. The zero-order chi connectivity index (χ0) is 9.42. The van der Waals surface area contributed by atoms with Gasteiger partial charge in [0.25, 0.3) is 0 Å².